The Bertz CT molecular complexity index is 364. The molecule has 1 aliphatic rings. The van der Waals surface area contributed by atoms with Crippen LogP contribution in [0, 0.1) is 5.92 Å². The lowest BCUT2D eigenvalue weighted by Gasteiger charge is -2.14. The maximum Gasteiger partial charge on any atom is 0.220 e. The molecule has 3 nitrogen and oxygen atoms in total. The van der Waals surface area contributed by atoms with Gasteiger partial charge in [-0.3, -0.25) is 4.79 Å². The molecule has 2 atom stereocenters. The van der Waals surface area contributed by atoms with Gasteiger partial charge in [0.15, 0.2) is 0 Å². The number of nitrogens with one attached hydrogen (secondary N) is 2. The van der Waals surface area contributed by atoms with Crippen LogP contribution in [0.15, 0.2) is 17.5 Å². The Morgan fingerprint density at radius 1 is 1.63 bits per heavy atom. The molecule has 0 bridgehead atoms. The Balaban J connectivity index is 0.00000180. The summed E-state index contributed by atoms with van der Waals surface area (Å²) in [5.41, 5.74) is 0. The Labute approximate surface area is 125 Å². The van der Waals surface area contributed by atoms with Crippen LogP contribution in [-0.4, -0.2) is 25.0 Å². The van der Waals surface area contributed by atoms with Gasteiger partial charge in [0.2, 0.25) is 5.91 Å². The van der Waals surface area contributed by atoms with Crippen molar-refractivity contribution in [3.63, 3.8) is 0 Å². The van der Waals surface area contributed by atoms with Gasteiger partial charge in [0.05, 0.1) is 0 Å². The first kappa shape index (κ1) is 16.5. The summed E-state index contributed by atoms with van der Waals surface area (Å²) in [7, 11) is 0. The summed E-state index contributed by atoms with van der Waals surface area (Å²) < 4.78 is 0. The minimum atomic E-state index is 0. The zero-order valence-electron chi connectivity index (χ0n) is 11.4. The fourth-order valence-corrected chi connectivity index (χ4v) is 3.26. The number of hydrogen-bond donors (Lipinski definition) is 2. The first-order chi connectivity index (χ1) is 8.74. The van der Waals surface area contributed by atoms with Crippen molar-refractivity contribution in [3.8, 4) is 0 Å². The Kier molecular flexibility index (Phi) is 7.42. The Morgan fingerprint density at radius 3 is 3.11 bits per heavy atom. The molecule has 2 rings (SSSR count). The highest BCUT2D eigenvalue weighted by molar-refractivity contribution is 7.09. The van der Waals surface area contributed by atoms with Crippen LogP contribution in [0.2, 0.25) is 0 Å². The number of carbonyl (C=O) groups excluding carboxylic acids is 1. The Morgan fingerprint density at radius 2 is 2.47 bits per heavy atom. The molecule has 1 saturated heterocycles. The van der Waals surface area contributed by atoms with Gasteiger partial charge in [0.25, 0.3) is 0 Å². The van der Waals surface area contributed by atoms with Gasteiger partial charge in [0, 0.05) is 23.8 Å². The van der Waals surface area contributed by atoms with Gasteiger partial charge in [-0.2, -0.15) is 0 Å². The molecule has 0 spiro atoms. The maximum absolute atomic E-state index is 11.8. The van der Waals surface area contributed by atoms with E-state index in [9.17, 15) is 4.79 Å². The molecule has 1 fully saturated rings. The second kappa shape index (κ2) is 8.56. The molecule has 5 heteroatoms. The minimum Gasteiger partial charge on any atom is -0.353 e. The molecular weight excluding hydrogens is 280 g/mol. The van der Waals surface area contributed by atoms with Crippen LogP contribution in [0.3, 0.4) is 0 Å². The third-order valence-corrected chi connectivity index (χ3v) is 4.34. The summed E-state index contributed by atoms with van der Waals surface area (Å²) in [6, 6.07) is 4.41. The molecule has 0 saturated carbocycles. The number of hydrogen-bond acceptors (Lipinski definition) is 3. The second-order valence-corrected chi connectivity index (χ2v) is 6.18. The maximum atomic E-state index is 11.8. The molecule has 108 valence electrons. The molecule has 2 unspecified atom stereocenters. The third kappa shape index (κ3) is 5.93. The van der Waals surface area contributed by atoms with Gasteiger partial charge < -0.3 is 10.6 Å². The van der Waals surface area contributed by atoms with E-state index in [1.165, 1.54) is 11.3 Å². The standard InChI is InChI=1S/C14H22N2OS.ClH/c1-11(9-13-3-2-8-18-13)16-14(17)5-4-12-6-7-15-10-12;/h2-3,8,11-12,15H,4-7,9-10H2,1H3,(H,16,17);1H. The first-order valence-corrected chi connectivity index (χ1v) is 7.64. The van der Waals surface area contributed by atoms with Crippen molar-refractivity contribution in [1.82, 2.24) is 10.6 Å². The number of halogens is 1. The molecular formula is C14H23ClN2OS. The largest absolute Gasteiger partial charge is 0.353 e. The molecule has 2 N–H and O–H groups in total. The van der Waals surface area contributed by atoms with E-state index in [0.29, 0.717) is 12.3 Å². The van der Waals surface area contributed by atoms with Crippen molar-refractivity contribution in [3.05, 3.63) is 22.4 Å². The lowest BCUT2D eigenvalue weighted by molar-refractivity contribution is -0.121. The van der Waals surface area contributed by atoms with Crippen molar-refractivity contribution in [2.75, 3.05) is 13.1 Å². The molecule has 0 aromatic carbocycles. The van der Waals surface area contributed by atoms with Gasteiger partial charge in [-0.15, -0.1) is 23.7 Å². The molecule has 1 aliphatic heterocycles. The van der Waals surface area contributed by atoms with Gasteiger partial charge in [-0.25, -0.2) is 0 Å². The van der Waals surface area contributed by atoms with Crippen molar-refractivity contribution < 1.29 is 4.79 Å². The zero-order chi connectivity index (χ0) is 12.8. The fourth-order valence-electron chi connectivity index (χ4n) is 2.42. The number of carbonyl (C=O) groups is 1. The summed E-state index contributed by atoms with van der Waals surface area (Å²) in [6.45, 7) is 4.27. The van der Waals surface area contributed by atoms with Crippen LogP contribution in [0.25, 0.3) is 0 Å². The predicted molar refractivity (Wildman–Crippen MR) is 83.1 cm³/mol. The van der Waals surface area contributed by atoms with Crippen molar-refractivity contribution in [1.29, 1.82) is 0 Å². The first-order valence-electron chi connectivity index (χ1n) is 6.76. The quantitative estimate of drug-likeness (QED) is 0.848. The second-order valence-electron chi connectivity index (χ2n) is 5.15. The van der Waals surface area contributed by atoms with Crippen molar-refractivity contribution in [2.45, 2.75) is 38.6 Å². The lowest BCUT2D eigenvalue weighted by atomic mass is 10.0. The summed E-state index contributed by atoms with van der Waals surface area (Å²) in [4.78, 5) is 13.1. The normalized spacial score (nSPS) is 19.7. The minimum absolute atomic E-state index is 0. The summed E-state index contributed by atoms with van der Waals surface area (Å²) in [5, 5.41) is 8.51. The van der Waals surface area contributed by atoms with Gasteiger partial charge in [0.1, 0.15) is 0 Å². The monoisotopic (exact) mass is 302 g/mol. The van der Waals surface area contributed by atoms with Crippen molar-refractivity contribution in [2.24, 2.45) is 5.92 Å². The van der Waals surface area contributed by atoms with Crippen molar-refractivity contribution >= 4 is 29.7 Å². The van der Waals surface area contributed by atoms with E-state index in [1.807, 2.05) is 0 Å². The smallest absolute Gasteiger partial charge is 0.220 e. The van der Waals surface area contributed by atoms with Crippen LogP contribution in [0.4, 0.5) is 0 Å². The Hall–Kier alpha value is -0.580. The predicted octanol–water partition coefficient (Wildman–Crippen LogP) is 2.61. The average molecular weight is 303 g/mol. The highest BCUT2D eigenvalue weighted by Crippen LogP contribution is 2.14. The zero-order valence-corrected chi connectivity index (χ0v) is 13.0. The molecule has 1 aromatic heterocycles. The molecule has 0 aliphatic carbocycles. The van der Waals surface area contributed by atoms with E-state index in [0.717, 1.165) is 25.9 Å². The number of thiophene rings is 1. The van der Waals surface area contributed by atoms with E-state index >= 15 is 0 Å². The molecule has 1 aromatic rings. The fraction of sp³-hybridized carbons (Fsp3) is 0.643. The summed E-state index contributed by atoms with van der Waals surface area (Å²) >= 11 is 1.75. The van der Waals surface area contributed by atoms with Gasteiger partial charge >= 0.3 is 0 Å². The van der Waals surface area contributed by atoms with Gasteiger partial charge in [-0.1, -0.05) is 6.07 Å². The van der Waals surface area contributed by atoms with Crippen LogP contribution in [-0.2, 0) is 11.2 Å². The van der Waals surface area contributed by atoms with Crippen LogP contribution in [0.1, 0.15) is 31.1 Å². The summed E-state index contributed by atoms with van der Waals surface area (Å²) in [5.74, 6) is 0.898. The molecule has 19 heavy (non-hydrogen) atoms. The van der Waals surface area contributed by atoms with Crippen LogP contribution >= 0.6 is 23.7 Å². The third-order valence-electron chi connectivity index (χ3n) is 3.44. The van der Waals surface area contributed by atoms with E-state index in [-0.39, 0.29) is 24.4 Å². The summed E-state index contributed by atoms with van der Waals surface area (Å²) in [6.07, 6.45) is 3.85. The number of amides is 1. The highest BCUT2D eigenvalue weighted by Gasteiger charge is 2.16. The molecule has 0 radical (unpaired) electrons. The number of rotatable bonds is 6. The molecule has 2 heterocycles. The lowest BCUT2D eigenvalue weighted by Crippen LogP contribution is -2.34. The topological polar surface area (TPSA) is 41.1 Å². The average Bonchev–Trinajstić information content (AvgIpc) is 2.98. The molecule has 1 amide bonds. The van der Waals surface area contributed by atoms with E-state index in [1.54, 1.807) is 11.3 Å². The van der Waals surface area contributed by atoms with Gasteiger partial charge in [-0.05, 0) is 50.2 Å². The van der Waals surface area contributed by atoms with Crippen LogP contribution < -0.4 is 10.6 Å². The highest BCUT2D eigenvalue weighted by atomic mass is 35.5. The van der Waals surface area contributed by atoms with E-state index < -0.39 is 0 Å². The van der Waals surface area contributed by atoms with E-state index in [4.69, 9.17) is 0 Å². The van der Waals surface area contributed by atoms with E-state index in [2.05, 4.69) is 35.1 Å². The SMILES string of the molecule is CC(Cc1cccs1)NC(=O)CCC1CCNC1.Cl. The van der Waals surface area contributed by atoms with Crippen LogP contribution in [0.5, 0.6) is 0 Å².